The minimum Gasteiger partial charge on any atom is -0.388 e. The van der Waals surface area contributed by atoms with E-state index in [1.54, 1.807) is 0 Å². The van der Waals surface area contributed by atoms with E-state index in [9.17, 15) is 0 Å². The van der Waals surface area contributed by atoms with Crippen molar-refractivity contribution in [1.82, 2.24) is 5.32 Å². The summed E-state index contributed by atoms with van der Waals surface area (Å²) in [5.41, 5.74) is 2.93. The number of allylic oxidation sites excluding steroid dienone is 4. The highest BCUT2D eigenvalue weighted by Gasteiger charge is 2.32. The molecule has 0 radical (unpaired) electrons. The summed E-state index contributed by atoms with van der Waals surface area (Å²) >= 11 is 0. The van der Waals surface area contributed by atoms with Crippen LogP contribution in [0.1, 0.15) is 47.0 Å². The van der Waals surface area contributed by atoms with Gasteiger partial charge in [0.25, 0.3) is 0 Å². The molecule has 0 bridgehead atoms. The quantitative estimate of drug-likeness (QED) is 0.756. The van der Waals surface area contributed by atoms with Crippen LogP contribution in [0.4, 0.5) is 0 Å². The fraction of sp³-hybridized carbons (Fsp3) is 0.750. The first-order valence-corrected chi connectivity index (χ1v) is 7.22. The average Bonchev–Trinajstić information content (AvgIpc) is 2.43. The second-order valence-electron chi connectivity index (χ2n) is 6.18. The first kappa shape index (κ1) is 12.7. The second-order valence-corrected chi connectivity index (χ2v) is 6.18. The van der Waals surface area contributed by atoms with E-state index in [0.29, 0.717) is 5.92 Å². The van der Waals surface area contributed by atoms with Crippen molar-refractivity contribution in [2.75, 3.05) is 6.54 Å². The van der Waals surface area contributed by atoms with Gasteiger partial charge in [-0.15, -0.1) is 0 Å². The Morgan fingerprint density at radius 1 is 1.18 bits per heavy atom. The van der Waals surface area contributed by atoms with E-state index < -0.39 is 0 Å². The summed E-state index contributed by atoms with van der Waals surface area (Å²) in [6, 6.07) is 0. The van der Waals surface area contributed by atoms with Gasteiger partial charge in [0, 0.05) is 12.2 Å². The van der Waals surface area contributed by atoms with Crippen LogP contribution >= 0.6 is 0 Å². The second kappa shape index (κ2) is 5.29. The van der Waals surface area contributed by atoms with E-state index in [-0.39, 0.29) is 0 Å². The van der Waals surface area contributed by atoms with E-state index in [4.69, 9.17) is 0 Å². The van der Waals surface area contributed by atoms with Gasteiger partial charge in [-0.1, -0.05) is 32.9 Å². The molecule has 0 saturated heterocycles. The molecule has 1 saturated carbocycles. The molecule has 0 amide bonds. The van der Waals surface area contributed by atoms with Crippen LogP contribution in [0.2, 0.25) is 0 Å². The predicted molar refractivity (Wildman–Crippen MR) is 74.7 cm³/mol. The van der Waals surface area contributed by atoms with Crippen LogP contribution in [0, 0.1) is 23.7 Å². The minimum atomic E-state index is 0.715. The molecule has 0 aromatic heterocycles. The van der Waals surface area contributed by atoms with Crippen LogP contribution in [-0.4, -0.2) is 6.54 Å². The van der Waals surface area contributed by atoms with Crippen LogP contribution in [0.5, 0.6) is 0 Å². The van der Waals surface area contributed by atoms with Crippen molar-refractivity contribution in [3.63, 3.8) is 0 Å². The third-order valence-electron chi connectivity index (χ3n) is 4.72. The molecule has 1 N–H and O–H groups in total. The minimum absolute atomic E-state index is 0.715. The van der Waals surface area contributed by atoms with E-state index in [1.807, 2.05) is 0 Å². The third-order valence-corrected chi connectivity index (χ3v) is 4.72. The molecule has 1 heteroatoms. The lowest BCUT2D eigenvalue weighted by molar-refractivity contribution is 0.148. The summed E-state index contributed by atoms with van der Waals surface area (Å²) in [5, 5.41) is 3.54. The Hall–Kier alpha value is -0.720. The maximum absolute atomic E-state index is 3.54. The molecule has 1 fully saturated rings. The largest absolute Gasteiger partial charge is 0.388 e. The molecular weight excluding hydrogens is 206 g/mol. The van der Waals surface area contributed by atoms with E-state index in [2.05, 4.69) is 45.2 Å². The fourth-order valence-electron chi connectivity index (χ4n) is 3.46. The van der Waals surface area contributed by atoms with Crippen molar-refractivity contribution in [3.05, 3.63) is 23.4 Å². The van der Waals surface area contributed by atoms with E-state index in [0.717, 1.165) is 24.3 Å². The first-order chi connectivity index (χ1) is 8.09. The highest BCUT2D eigenvalue weighted by molar-refractivity contribution is 5.28. The van der Waals surface area contributed by atoms with Gasteiger partial charge in [0.05, 0.1) is 0 Å². The zero-order valence-electron chi connectivity index (χ0n) is 11.8. The third kappa shape index (κ3) is 2.75. The summed E-state index contributed by atoms with van der Waals surface area (Å²) in [7, 11) is 0. The Bertz CT molecular complexity index is 318. The van der Waals surface area contributed by atoms with E-state index in [1.165, 1.54) is 30.5 Å². The van der Waals surface area contributed by atoms with E-state index >= 15 is 0 Å². The van der Waals surface area contributed by atoms with Crippen LogP contribution in [-0.2, 0) is 0 Å². The molecule has 1 nitrogen and oxygen atoms in total. The normalized spacial score (nSPS) is 38.8. The zero-order valence-corrected chi connectivity index (χ0v) is 11.8. The van der Waals surface area contributed by atoms with Crippen molar-refractivity contribution >= 4 is 0 Å². The lowest BCUT2D eigenvalue weighted by atomic mass is 9.66. The standard InChI is InChI=1S/C16H27N/c1-11-6-5-9-17-14(4)16(11)8-7-15-12(2)10-13(15)3/h7-8,11-13,15,17H,5-6,9-10H2,1-4H3/b8-7-. The highest BCUT2D eigenvalue weighted by Crippen LogP contribution is 2.41. The van der Waals surface area contributed by atoms with Gasteiger partial charge in [-0.3, -0.25) is 0 Å². The predicted octanol–water partition coefficient (Wildman–Crippen LogP) is 4.13. The monoisotopic (exact) mass is 233 g/mol. The molecule has 1 aliphatic carbocycles. The number of rotatable bonds is 2. The summed E-state index contributed by atoms with van der Waals surface area (Å²) < 4.78 is 0. The van der Waals surface area contributed by atoms with Crippen LogP contribution in [0.25, 0.3) is 0 Å². The molecule has 3 unspecified atom stereocenters. The summed E-state index contributed by atoms with van der Waals surface area (Å²) in [6.07, 6.45) is 8.91. The topological polar surface area (TPSA) is 12.0 Å². The molecule has 1 aliphatic heterocycles. The summed E-state index contributed by atoms with van der Waals surface area (Å²) in [4.78, 5) is 0. The molecule has 2 rings (SSSR count). The van der Waals surface area contributed by atoms with Crippen molar-refractivity contribution in [3.8, 4) is 0 Å². The van der Waals surface area contributed by atoms with Gasteiger partial charge in [-0.2, -0.15) is 0 Å². The van der Waals surface area contributed by atoms with Crippen LogP contribution in [0.3, 0.4) is 0 Å². The Morgan fingerprint density at radius 2 is 1.88 bits per heavy atom. The van der Waals surface area contributed by atoms with Gasteiger partial charge in [-0.05, 0) is 55.4 Å². The molecule has 1 heterocycles. The lowest BCUT2D eigenvalue weighted by Gasteiger charge is -2.39. The Morgan fingerprint density at radius 3 is 2.53 bits per heavy atom. The number of hydrogen-bond donors (Lipinski definition) is 1. The lowest BCUT2D eigenvalue weighted by Crippen LogP contribution is -2.31. The van der Waals surface area contributed by atoms with Gasteiger partial charge in [0.15, 0.2) is 0 Å². The van der Waals surface area contributed by atoms with Gasteiger partial charge in [0.2, 0.25) is 0 Å². The maximum Gasteiger partial charge on any atom is 0.0144 e. The van der Waals surface area contributed by atoms with Crippen LogP contribution in [0.15, 0.2) is 23.4 Å². The van der Waals surface area contributed by atoms with Crippen molar-refractivity contribution in [2.45, 2.75) is 47.0 Å². The van der Waals surface area contributed by atoms with Gasteiger partial charge < -0.3 is 5.32 Å². The molecule has 2 aliphatic rings. The fourth-order valence-corrected chi connectivity index (χ4v) is 3.46. The Kier molecular flexibility index (Phi) is 3.96. The van der Waals surface area contributed by atoms with Crippen molar-refractivity contribution in [2.24, 2.45) is 23.7 Å². The van der Waals surface area contributed by atoms with Crippen molar-refractivity contribution < 1.29 is 0 Å². The number of hydrogen-bond acceptors (Lipinski definition) is 1. The average molecular weight is 233 g/mol. The first-order valence-electron chi connectivity index (χ1n) is 7.22. The van der Waals surface area contributed by atoms with Gasteiger partial charge in [-0.25, -0.2) is 0 Å². The molecular formula is C16H27N. The Labute approximate surface area is 106 Å². The molecule has 0 aromatic carbocycles. The van der Waals surface area contributed by atoms with Crippen LogP contribution < -0.4 is 5.32 Å². The summed E-state index contributed by atoms with van der Waals surface area (Å²) in [6.45, 7) is 10.5. The SMILES string of the molecule is CC1=C(/C=C\C2C(C)CC2C)C(C)CCCN1. The highest BCUT2D eigenvalue weighted by atomic mass is 14.9. The molecule has 96 valence electrons. The number of nitrogens with one attached hydrogen (secondary N) is 1. The van der Waals surface area contributed by atoms with Gasteiger partial charge in [0.1, 0.15) is 0 Å². The molecule has 0 spiro atoms. The van der Waals surface area contributed by atoms with Gasteiger partial charge >= 0.3 is 0 Å². The molecule has 17 heavy (non-hydrogen) atoms. The zero-order chi connectivity index (χ0) is 12.4. The Balaban J connectivity index is 2.07. The molecule has 3 atom stereocenters. The molecule has 0 aromatic rings. The smallest absolute Gasteiger partial charge is 0.0144 e. The maximum atomic E-state index is 3.54. The summed E-state index contributed by atoms with van der Waals surface area (Å²) in [5.74, 6) is 3.30. The van der Waals surface area contributed by atoms with Crippen molar-refractivity contribution in [1.29, 1.82) is 0 Å².